The number of piperidine rings is 1. The fourth-order valence-corrected chi connectivity index (χ4v) is 4.30. The van der Waals surface area contributed by atoms with Gasteiger partial charge in [0.2, 0.25) is 0 Å². The van der Waals surface area contributed by atoms with Gasteiger partial charge in [-0.1, -0.05) is 36.8 Å². The van der Waals surface area contributed by atoms with Crippen molar-refractivity contribution in [1.82, 2.24) is 19.8 Å². The van der Waals surface area contributed by atoms with Crippen molar-refractivity contribution in [1.29, 1.82) is 0 Å². The lowest BCUT2D eigenvalue weighted by Gasteiger charge is -2.35. The molecule has 0 N–H and O–H groups in total. The van der Waals surface area contributed by atoms with E-state index in [1.807, 2.05) is 19.1 Å². The molecule has 0 unspecified atom stereocenters. The van der Waals surface area contributed by atoms with E-state index in [0.717, 1.165) is 55.0 Å². The average molecular weight is 433 g/mol. The van der Waals surface area contributed by atoms with Crippen LogP contribution in [0.25, 0.3) is 11.1 Å². The number of nitrogens with zero attached hydrogens (tertiary/aromatic N) is 4. The molecule has 3 aromatic rings. The minimum Gasteiger partial charge on any atom is -0.345 e. The molecule has 1 fully saturated rings. The number of halogens is 1. The van der Waals surface area contributed by atoms with Gasteiger partial charge in [0.25, 0.3) is 5.91 Å². The number of carbonyl (C=O) groups excluding carboxylic acids is 1. The predicted molar refractivity (Wildman–Crippen MR) is 124 cm³/mol. The largest absolute Gasteiger partial charge is 0.345 e. The van der Waals surface area contributed by atoms with E-state index in [-0.39, 0.29) is 17.8 Å². The highest BCUT2D eigenvalue weighted by Crippen LogP contribution is 2.31. The molecule has 0 saturated carbocycles. The molecule has 32 heavy (non-hydrogen) atoms. The Labute approximate surface area is 188 Å². The Bertz CT molecular complexity index is 1100. The Morgan fingerprint density at radius 3 is 2.62 bits per heavy atom. The van der Waals surface area contributed by atoms with E-state index in [4.69, 9.17) is 4.98 Å². The number of hydrogen-bond acceptors (Lipinski definition) is 4. The van der Waals surface area contributed by atoms with Crippen LogP contribution in [0.5, 0.6) is 0 Å². The second-order valence-electron chi connectivity index (χ2n) is 8.62. The monoisotopic (exact) mass is 432 g/mol. The van der Waals surface area contributed by atoms with E-state index in [1.165, 1.54) is 17.7 Å². The van der Waals surface area contributed by atoms with Gasteiger partial charge in [-0.15, -0.1) is 0 Å². The first-order valence-corrected chi connectivity index (χ1v) is 11.1. The summed E-state index contributed by atoms with van der Waals surface area (Å²) in [5, 5.41) is 0. The molecule has 0 aliphatic carbocycles. The summed E-state index contributed by atoms with van der Waals surface area (Å²) in [7, 11) is 3.47. The van der Waals surface area contributed by atoms with Crippen LogP contribution in [0.2, 0.25) is 0 Å². The summed E-state index contributed by atoms with van der Waals surface area (Å²) >= 11 is 0. The summed E-state index contributed by atoms with van der Waals surface area (Å²) in [5.74, 6) is 0.481. The van der Waals surface area contributed by atoms with Crippen LogP contribution in [-0.4, -0.2) is 46.3 Å². The number of aryl methyl sites for hydroxylation is 1. The topological polar surface area (TPSA) is 49.3 Å². The van der Waals surface area contributed by atoms with Crippen molar-refractivity contribution in [2.45, 2.75) is 38.8 Å². The smallest absolute Gasteiger partial charge is 0.256 e. The van der Waals surface area contributed by atoms with Gasteiger partial charge in [0.1, 0.15) is 11.6 Å². The lowest BCUT2D eigenvalue weighted by atomic mass is 9.98. The van der Waals surface area contributed by atoms with Crippen LogP contribution >= 0.6 is 0 Å². The lowest BCUT2D eigenvalue weighted by molar-refractivity contribution is 0.0825. The maximum absolute atomic E-state index is 13.3. The Kier molecular flexibility index (Phi) is 6.61. The zero-order chi connectivity index (χ0) is 22.7. The minimum absolute atomic E-state index is 0.0767. The molecule has 166 valence electrons. The Morgan fingerprint density at radius 1 is 1.12 bits per heavy atom. The highest BCUT2D eigenvalue weighted by atomic mass is 19.1. The third-order valence-electron chi connectivity index (χ3n) is 6.04. The van der Waals surface area contributed by atoms with Crippen LogP contribution in [-0.2, 0) is 6.54 Å². The van der Waals surface area contributed by atoms with Crippen molar-refractivity contribution in [3.05, 3.63) is 83.2 Å². The molecule has 6 heteroatoms. The van der Waals surface area contributed by atoms with Crippen LogP contribution in [0.1, 0.15) is 52.7 Å². The maximum atomic E-state index is 13.3. The molecule has 2 heterocycles. The molecule has 1 amide bonds. The predicted octanol–water partition coefficient (Wildman–Crippen LogP) is 5.02. The van der Waals surface area contributed by atoms with Gasteiger partial charge in [-0.25, -0.2) is 14.4 Å². The maximum Gasteiger partial charge on any atom is 0.256 e. The molecule has 1 aliphatic heterocycles. The molecule has 4 rings (SSSR count). The molecule has 1 atom stereocenters. The molecule has 5 nitrogen and oxygen atoms in total. The summed E-state index contributed by atoms with van der Waals surface area (Å²) in [4.78, 5) is 25.6. The molecule has 0 radical (unpaired) electrons. The van der Waals surface area contributed by atoms with Crippen molar-refractivity contribution < 1.29 is 9.18 Å². The van der Waals surface area contributed by atoms with E-state index in [2.05, 4.69) is 34.1 Å². The van der Waals surface area contributed by atoms with Crippen molar-refractivity contribution in [3.8, 4) is 11.1 Å². The van der Waals surface area contributed by atoms with Gasteiger partial charge in [0, 0.05) is 26.8 Å². The third kappa shape index (κ3) is 4.86. The second kappa shape index (κ2) is 9.57. The van der Waals surface area contributed by atoms with E-state index < -0.39 is 0 Å². The standard InChI is InChI=1S/C26H29FN4O/c1-18-23(26(32)30(2)3)16-28-25(29-18)24-9-4-5-14-31(24)17-19-7-6-8-21(15-19)20-10-12-22(27)13-11-20/h6-8,10-13,15-16,24H,4-5,9,14,17H2,1-3H3/t24-/m0/s1. The molecule has 1 saturated heterocycles. The number of hydrogen-bond donors (Lipinski definition) is 0. The van der Waals surface area contributed by atoms with Gasteiger partial charge in [-0.05, 0) is 61.2 Å². The molecule has 0 spiro atoms. The lowest BCUT2D eigenvalue weighted by Crippen LogP contribution is -2.34. The van der Waals surface area contributed by atoms with Crippen LogP contribution in [0, 0.1) is 12.7 Å². The Hall–Kier alpha value is -3.12. The van der Waals surface area contributed by atoms with E-state index in [1.54, 1.807) is 25.2 Å². The Morgan fingerprint density at radius 2 is 1.91 bits per heavy atom. The molecule has 1 aliphatic rings. The fraction of sp³-hybridized carbons (Fsp3) is 0.346. The summed E-state index contributed by atoms with van der Waals surface area (Å²) in [5.41, 5.74) is 4.55. The molecule has 2 aromatic carbocycles. The van der Waals surface area contributed by atoms with Crippen molar-refractivity contribution in [2.75, 3.05) is 20.6 Å². The Balaban J connectivity index is 1.56. The fourth-order valence-electron chi connectivity index (χ4n) is 4.30. The highest BCUT2D eigenvalue weighted by molar-refractivity contribution is 5.94. The van der Waals surface area contributed by atoms with Crippen molar-refractivity contribution >= 4 is 5.91 Å². The van der Waals surface area contributed by atoms with Gasteiger partial charge in [-0.3, -0.25) is 9.69 Å². The average Bonchev–Trinajstić information content (AvgIpc) is 2.79. The first kappa shape index (κ1) is 22.1. The number of amides is 1. The third-order valence-corrected chi connectivity index (χ3v) is 6.04. The van der Waals surface area contributed by atoms with Crippen molar-refractivity contribution in [3.63, 3.8) is 0 Å². The number of likely N-dealkylation sites (tertiary alicyclic amines) is 1. The summed E-state index contributed by atoms with van der Waals surface area (Å²) in [6, 6.07) is 15.1. The van der Waals surface area contributed by atoms with Gasteiger partial charge in [-0.2, -0.15) is 0 Å². The number of carbonyl (C=O) groups is 1. The van der Waals surface area contributed by atoms with Crippen LogP contribution in [0.15, 0.2) is 54.7 Å². The number of aromatic nitrogens is 2. The first-order chi connectivity index (χ1) is 15.4. The number of rotatable bonds is 5. The summed E-state index contributed by atoms with van der Waals surface area (Å²) in [6.07, 6.45) is 4.95. The van der Waals surface area contributed by atoms with Crippen LogP contribution in [0.3, 0.4) is 0 Å². The van der Waals surface area contributed by atoms with E-state index >= 15 is 0 Å². The normalized spacial score (nSPS) is 16.7. The van der Waals surface area contributed by atoms with Crippen LogP contribution in [0.4, 0.5) is 4.39 Å². The zero-order valence-electron chi connectivity index (χ0n) is 18.9. The van der Waals surface area contributed by atoms with E-state index in [0.29, 0.717) is 5.56 Å². The molecule has 0 bridgehead atoms. The molecule has 1 aromatic heterocycles. The van der Waals surface area contributed by atoms with Gasteiger partial charge < -0.3 is 4.90 Å². The van der Waals surface area contributed by atoms with Gasteiger partial charge in [0.15, 0.2) is 0 Å². The minimum atomic E-state index is -0.227. The molecular formula is C26H29FN4O. The van der Waals surface area contributed by atoms with Crippen molar-refractivity contribution in [2.24, 2.45) is 0 Å². The SMILES string of the molecule is Cc1nc([C@@H]2CCCCN2Cc2cccc(-c3ccc(F)cc3)c2)ncc1C(=O)N(C)C. The quantitative estimate of drug-likeness (QED) is 0.568. The molecular weight excluding hydrogens is 403 g/mol. The van der Waals surface area contributed by atoms with E-state index in [9.17, 15) is 9.18 Å². The summed E-state index contributed by atoms with van der Waals surface area (Å²) < 4.78 is 13.3. The van der Waals surface area contributed by atoms with Crippen LogP contribution < -0.4 is 0 Å². The van der Waals surface area contributed by atoms with Gasteiger partial charge in [0.05, 0.1) is 17.3 Å². The number of benzene rings is 2. The summed E-state index contributed by atoms with van der Waals surface area (Å²) in [6.45, 7) is 3.65. The highest BCUT2D eigenvalue weighted by Gasteiger charge is 2.27. The zero-order valence-corrected chi connectivity index (χ0v) is 18.9. The van der Waals surface area contributed by atoms with Gasteiger partial charge >= 0.3 is 0 Å². The second-order valence-corrected chi connectivity index (χ2v) is 8.62. The first-order valence-electron chi connectivity index (χ1n) is 11.1.